The quantitative estimate of drug-likeness (QED) is 0.924. The summed E-state index contributed by atoms with van der Waals surface area (Å²) < 4.78 is 14.0. The lowest BCUT2D eigenvalue weighted by Crippen LogP contribution is -2.44. The number of nitrogens with two attached hydrogens (primary N) is 1. The van der Waals surface area contributed by atoms with Crippen molar-refractivity contribution < 1.29 is 9.18 Å². The molecule has 1 aliphatic carbocycles. The van der Waals surface area contributed by atoms with E-state index in [1.54, 1.807) is 17.0 Å². The molecule has 1 saturated carbocycles. The molecule has 2 N–H and O–H groups in total. The van der Waals surface area contributed by atoms with Crippen LogP contribution in [0.3, 0.4) is 0 Å². The van der Waals surface area contributed by atoms with E-state index >= 15 is 0 Å². The molecule has 0 unspecified atom stereocenters. The summed E-state index contributed by atoms with van der Waals surface area (Å²) in [6, 6.07) is 5.22. The van der Waals surface area contributed by atoms with Gasteiger partial charge in [0.25, 0.3) is 5.91 Å². The van der Waals surface area contributed by atoms with Gasteiger partial charge in [-0.3, -0.25) is 4.79 Å². The predicted molar refractivity (Wildman–Crippen MR) is 78.1 cm³/mol. The van der Waals surface area contributed by atoms with Crippen molar-refractivity contribution in [3.8, 4) is 0 Å². The zero-order chi connectivity index (χ0) is 14.7. The van der Waals surface area contributed by atoms with Gasteiger partial charge in [0.15, 0.2) is 0 Å². The van der Waals surface area contributed by atoms with Gasteiger partial charge in [0, 0.05) is 18.6 Å². The van der Waals surface area contributed by atoms with Gasteiger partial charge >= 0.3 is 0 Å². The molecule has 1 aromatic rings. The summed E-state index contributed by atoms with van der Waals surface area (Å²) in [6.07, 6.45) is 3.69. The fraction of sp³-hybridized carbons (Fsp3) is 0.562. The van der Waals surface area contributed by atoms with E-state index in [-0.39, 0.29) is 23.6 Å². The second kappa shape index (κ2) is 6.35. The summed E-state index contributed by atoms with van der Waals surface area (Å²) in [5.41, 5.74) is 6.90. The molecule has 0 saturated heterocycles. The first-order valence-electron chi connectivity index (χ1n) is 7.35. The van der Waals surface area contributed by atoms with Gasteiger partial charge in [-0.2, -0.15) is 0 Å². The van der Waals surface area contributed by atoms with E-state index in [0.29, 0.717) is 6.54 Å². The zero-order valence-corrected chi connectivity index (χ0v) is 12.2. The number of halogens is 1. The standard InChI is InChI=1S/C16H23FN2O/c1-3-19(13-7-5-12(18)6-8-13)16(20)14-9-4-11(2)10-15(14)17/h4,9-10,12-13H,3,5-8,18H2,1-2H3. The van der Waals surface area contributed by atoms with Gasteiger partial charge in [-0.25, -0.2) is 4.39 Å². The van der Waals surface area contributed by atoms with Crippen LogP contribution in [-0.4, -0.2) is 29.4 Å². The molecule has 1 amide bonds. The monoisotopic (exact) mass is 278 g/mol. The highest BCUT2D eigenvalue weighted by molar-refractivity contribution is 5.94. The van der Waals surface area contributed by atoms with Crippen molar-refractivity contribution in [1.82, 2.24) is 4.90 Å². The van der Waals surface area contributed by atoms with Gasteiger partial charge in [0.2, 0.25) is 0 Å². The molecule has 4 heteroatoms. The van der Waals surface area contributed by atoms with Crippen LogP contribution in [0.15, 0.2) is 18.2 Å². The predicted octanol–water partition coefficient (Wildman–Crippen LogP) is 2.87. The Bertz CT molecular complexity index is 481. The number of hydrogen-bond donors (Lipinski definition) is 1. The topological polar surface area (TPSA) is 46.3 Å². The molecular weight excluding hydrogens is 255 g/mol. The van der Waals surface area contributed by atoms with Crippen LogP contribution in [0.25, 0.3) is 0 Å². The molecule has 20 heavy (non-hydrogen) atoms. The van der Waals surface area contributed by atoms with Crippen LogP contribution in [0.2, 0.25) is 0 Å². The van der Waals surface area contributed by atoms with Crippen LogP contribution in [0.5, 0.6) is 0 Å². The highest BCUT2D eigenvalue weighted by Gasteiger charge is 2.28. The molecule has 0 radical (unpaired) electrons. The fourth-order valence-electron chi connectivity index (χ4n) is 2.93. The first kappa shape index (κ1) is 15.0. The number of nitrogens with zero attached hydrogens (tertiary/aromatic N) is 1. The van der Waals surface area contributed by atoms with Crippen LogP contribution in [0, 0.1) is 12.7 Å². The molecule has 1 fully saturated rings. The van der Waals surface area contributed by atoms with Crippen LogP contribution in [0.1, 0.15) is 48.5 Å². The Labute approximate surface area is 120 Å². The van der Waals surface area contributed by atoms with Gasteiger partial charge in [0.1, 0.15) is 5.82 Å². The van der Waals surface area contributed by atoms with Crippen LogP contribution in [-0.2, 0) is 0 Å². The first-order chi connectivity index (χ1) is 9.52. The number of carbonyl (C=O) groups is 1. The third-order valence-corrected chi connectivity index (χ3v) is 4.14. The molecule has 0 spiro atoms. The number of benzene rings is 1. The highest BCUT2D eigenvalue weighted by atomic mass is 19.1. The summed E-state index contributed by atoms with van der Waals surface area (Å²) in [7, 11) is 0. The van der Waals surface area contributed by atoms with Crippen molar-refractivity contribution in [3.05, 3.63) is 35.1 Å². The van der Waals surface area contributed by atoms with Gasteiger partial charge in [0.05, 0.1) is 5.56 Å². The van der Waals surface area contributed by atoms with Crippen LogP contribution in [0.4, 0.5) is 4.39 Å². The Morgan fingerprint density at radius 2 is 2.00 bits per heavy atom. The minimum Gasteiger partial charge on any atom is -0.336 e. The van der Waals surface area contributed by atoms with Crippen molar-refractivity contribution in [2.75, 3.05) is 6.54 Å². The Balaban J connectivity index is 2.16. The van der Waals surface area contributed by atoms with Gasteiger partial charge in [-0.05, 0) is 57.2 Å². The van der Waals surface area contributed by atoms with E-state index < -0.39 is 5.82 Å². The fourth-order valence-corrected chi connectivity index (χ4v) is 2.93. The lowest BCUT2D eigenvalue weighted by molar-refractivity contribution is 0.0636. The zero-order valence-electron chi connectivity index (χ0n) is 12.2. The Kier molecular flexibility index (Phi) is 4.76. The van der Waals surface area contributed by atoms with E-state index in [0.717, 1.165) is 31.2 Å². The van der Waals surface area contributed by atoms with Crippen molar-refractivity contribution in [3.63, 3.8) is 0 Å². The van der Waals surface area contributed by atoms with E-state index in [1.807, 2.05) is 13.8 Å². The Morgan fingerprint density at radius 3 is 2.55 bits per heavy atom. The van der Waals surface area contributed by atoms with Crippen LogP contribution >= 0.6 is 0 Å². The average Bonchev–Trinajstić information content (AvgIpc) is 2.41. The summed E-state index contributed by atoms with van der Waals surface area (Å²) in [5.74, 6) is -0.633. The Hall–Kier alpha value is -1.42. The lowest BCUT2D eigenvalue weighted by atomic mass is 9.90. The Morgan fingerprint density at radius 1 is 1.35 bits per heavy atom. The number of carbonyl (C=O) groups excluding carboxylic acids is 1. The first-order valence-corrected chi connectivity index (χ1v) is 7.35. The molecule has 0 bridgehead atoms. The SMILES string of the molecule is CCN(C(=O)c1ccc(C)cc1F)C1CCC(N)CC1. The molecule has 110 valence electrons. The van der Waals surface area contributed by atoms with Crippen molar-refractivity contribution in [1.29, 1.82) is 0 Å². The number of rotatable bonds is 3. The smallest absolute Gasteiger partial charge is 0.257 e. The second-order valence-corrected chi connectivity index (χ2v) is 5.64. The number of hydrogen-bond acceptors (Lipinski definition) is 2. The maximum Gasteiger partial charge on any atom is 0.257 e. The minimum absolute atomic E-state index is 0.173. The summed E-state index contributed by atoms with van der Waals surface area (Å²) in [4.78, 5) is 14.3. The average molecular weight is 278 g/mol. The van der Waals surface area contributed by atoms with Crippen molar-refractivity contribution >= 4 is 5.91 Å². The van der Waals surface area contributed by atoms with Crippen molar-refractivity contribution in [2.24, 2.45) is 5.73 Å². The molecule has 0 atom stereocenters. The molecule has 3 nitrogen and oxygen atoms in total. The molecule has 0 aliphatic heterocycles. The molecular formula is C16H23FN2O. The maximum atomic E-state index is 14.0. The largest absolute Gasteiger partial charge is 0.336 e. The minimum atomic E-state index is -0.430. The van der Waals surface area contributed by atoms with Gasteiger partial charge < -0.3 is 10.6 Å². The molecule has 1 aliphatic rings. The normalized spacial score (nSPS) is 22.6. The summed E-state index contributed by atoms with van der Waals surface area (Å²) in [5, 5.41) is 0. The van der Waals surface area contributed by atoms with Gasteiger partial charge in [-0.15, -0.1) is 0 Å². The molecule has 0 heterocycles. The number of aryl methyl sites for hydroxylation is 1. The molecule has 2 rings (SSSR count). The third-order valence-electron chi connectivity index (χ3n) is 4.14. The van der Waals surface area contributed by atoms with Crippen molar-refractivity contribution in [2.45, 2.75) is 51.6 Å². The van der Waals surface area contributed by atoms with E-state index in [1.165, 1.54) is 6.07 Å². The second-order valence-electron chi connectivity index (χ2n) is 5.64. The highest BCUT2D eigenvalue weighted by Crippen LogP contribution is 2.24. The summed E-state index contributed by atoms with van der Waals surface area (Å²) in [6.45, 7) is 4.36. The maximum absolute atomic E-state index is 14.0. The van der Waals surface area contributed by atoms with Crippen LogP contribution < -0.4 is 5.73 Å². The molecule has 0 aromatic heterocycles. The number of amides is 1. The van der Waals surface area contributed by atoms with E-state index in [9.17, 15) is 9.18 Å². The lowest BCUT2D eigenvalue weighted by Gasteiger charge is -2.35. The molecule has 1 aromatic carbocycles. The van der Waals surface area contributed by atoms with E-state index in [4.69, 9.17) is 5.73 Å². The third kappa shape index (κ3) is 3.18. The van der Waals surface area contributed by atoms with E-state index in [2.05, 4.69) is 0 Å². The van der Waals surface area contributed by atoms with Gasteiger partial charge in [-0.1, -0.05) is 6.07 Å². The summed E-state index contributed by atoms with van der Waals surface area (Å²) >= 11 is 0.